The number of carbonyl (C=O) groups excluding carboxylic acids is 2. The second kappa shape index (κ2) is 7.85. The molecule has 0 spiro atoms. The van der Waals surface area contributed by atoms with Gasteiger partial charge in [-0.05, 0) is 42.4 Å². The van der Waals surface area contributed by atoms with E-state index in [4.69, 9.17) is 12.2 Å². The summed E-state index contributed by atoms with van der Waals surface area (Å²) in [5, 5.41) is 5.91. The Kier molecular flexibility index (Phi) is 5.51. The van der Waals surface area contributed by atoms with E-state index in [1.807, 2.05) is 19.1 Å². The largest absolute Gasteiger partial charge is 0.463 e. The standard InChI is InChI=1S/C20H16F2N2O3S/c1-10-3-5-11(6-4-10)16-15(18(25)19(26)27-2)17(24-20(28)23-16)12-7-8-13(21)14(22)9-12/h3-9,17H,1-2H3,(H2,23,24,28)/t17-/m1/s1. The van der Waals surface area contributed by atoms with Crippen LogP contribution in [0, 0.1) is 18.6 Å². The number of rotatable bonds is 4. The van der Waals surface area contributed by atoms with Crippen LogP contribution in [0.15, 0.2) is 48.0 Å². The number of halogens is 2. The Balaban J connectivity index is 2.23. The number of ether oxygens (including phenoxy) is 1. The van der Waals surface area contributed by atoms with Crippen molar-refractivity contribution in [1.29, 1.82) is 0 Å². The van der Waals surface area contributed by atoms with Crippen molar-refractivity contribution in [2.45, 2.75) is 13.0 Å². The maximum Gasteiger partial charge on any atom is 0.379 e. The van der Waals surface area contributed by atoms with Crippen molar-refractivity contribution in [3.8, 4) is 0 Å². The molecule has 0 bridgehead atoms. The summed E-state index contributed by atoms with van der Waals surface area (Å²) in [6.07, 6.45) is 0. The van der Waals surface area contributed by atoms with E-state index in [0.29, 0.717) is 11.3 Å². The normalized spacial score (nSPS) is 16.3. The van der Waals surface area contributed by atoms with E-state index < -0.39 is 29.4 Å². The number of hydrogen-bond donors (Lipinski definition) is 2. The number of Topliss-reactive ketones (excluding diaryl/α,β-unsaturated/α-hetero) is 1. The molecule has 3 rings (SSSR count). The summed E-state index contributed by atoms with van der Waals surface area (Å²) in [5.74, 6) is -4.10. The molecular weight excluding hydrogens is 386 g/mol. The van der Waals surface area contributed by atoms with Crippen molar-refractivity contribution in [2.24, 2.45) is 0 Å². The van der Waals surface area contributed by atoms with Gasteiger partial charge in [-0.3, -0.25) is 4.79 Å². The van der Waals surface area contributed by atoms with Crippen LogP contribution >= 0.6 is 12.2 Å². The molecule has 144 valence electrons. The molecule has 0 amide bonds. The lowest BCUT2D eigenvalue weighted by molar-refractivity contribution is -0.150. The third-order valence-corrected chi connectivity index (χ3v) is 4.52. The first-order valence-electron chi connectivity index (χ1n) is 8.28. The van der Waals surface area contributed by atoms with Gasteiger partial charge >= 0.3 is 5.97 Å². The summed E-state index contributed by atoms with van der Waals surface area (Å²) in [7, 11) is 1.09. The minimum atomic E-state index is -1.08. The number of carbonyl (C=O) groups is 2. The zero-order valence-electron chi connectivity index (χ0n) is 15.0. The highest BCUT2D eigenvalue weighted by Gasteiger charge is 2.35. The Morgan fingerprint density at radius 2 is 1.75 bits per heavy atom. The monoisotopic (exact) mass is 402 g/mol. The molecule has 8 heteroatoms. The van der Waals surface area contributed by atoms with E-state index >= 15 is 0 Å². The van der Waals surface area contributed by atoms with Gasteiger partial charge in [-0.2, -0.15) is 0 Å². The number of benzene rings is 2. The first-order chi connectivity index (χ1) is 13.3. The number of thiocarbonyl (C=S) groups is 1. The smallest absolute Gasteiger partial charge is 0.379 e. The van der Waals surface area contributed by atoms with E-state index in [2.05, 4.69) is 15.4 Å². The van der Waals surface area contributed by atoms with E-state index in [-0.39, 0.29) is 16.2 Å². The zero-order valence-corrected chi connectivity index (χ0v) is 15.8. The molecule has 28 heavy (non-hydrogen) atoms. The molecule has 0 aliphatic carbocycles. The lowest BCUT2D eigenvalue weighted by Crippen LogP contribution is -2.46. The molecule has 0 fully saturated rings. The van der Waals surface area contributed by atoms with Crippen LogP contribution in [-0.2, 0) is 14.3 Å². The molecule has 1 atom stereocenters. The van der Waals surface area contributed by atoms with Crippen molar-refractivity contribution < 1.29 is 23.1 Å². The van der Waals surface area contributed by atoms with Crippen LogP contribution in [0.4, 0.5) is 8.78 Å². The summed E-state index contributed by atoms with van der Waals surface area (Å²) in [4.78, 5) is 24.8. The SMILES string of the molecule is COC(=O)C(=O)C1=C(c2ccc(C)cc2)NC(=S)N[C@@H]1c1ccc(F)c(F)c1. The number of methoxy groups -OCH3 is 1. The molecule has 2 aromatic rings. The third-order valence-electron chi connectivity index (χ3n) is 4.30. The van der Waals surface area contributed by atoms with Crippen molar-refractivity contribution in [3.05, 3.63) is 76.4 Å². The maximum atomic E-state index is 13.8. The van der Waals surface area contributed by atoms with Gasteiger partial charge in [-0.1, -0.05) is 35.9 Å². The van der Waals surface area contributed by atoms with Crippen LogP contribution in [0.25, 0.3) is 5.70 Å². The van der Waals surface area contributed by atoms with Crippen LogP contribution in [0.2, 0.25) is 0 Å². The number of hydrogen-bond acceptors (Lipinski definition) is 4. The van der Waals surface area contributed by atoms with Gasteiger partial charge in [-0.15, -0.1) is 0 Å². The summed E-state index contributed by atoms with van der Waals surface area (Å²) in [6, 6.07) is 9.45. The minimum Gasteiger partial charge on any atom is -0.463 e. The number of esters is 1. The molecule has 0 saturated carbocycles. The van der Waals surface area contributed by atoms with Crippen LogP contribution in [0.5, 0.6) is 0 Å². The van der Waals surface area contributed by atoms with Gasteiger partial charge in [0.15, 0.2) is 16.7 Å². The molecule has 0 radical (unpaired) electrons. The van der Waals surface area contributed by atoms with Gasteiger partial charge in [-0.25, -0.2) is 13.6 Å². The van der Waals surface area contributed by atoms with Gasteiger partial charge in [0.25, 0.3) is 5.78 Å². The quantitative estimate of drug-likeness (QED) is 0.466. The number of nitrogens with one attached hydrogen (secondary N) is 2. The van der Waals surface area contributed by atoms with E-state index in [1.165, 1.54) is 6.07 Å². The molecule has 0 saturated heterocycles. The predicted octanol–water partition coefficient (Wildman–Crippen LogP) is 2.95. The summed E-state index contributed by atoms with van der Waals surface area (Å²) in [5.41, 5.74) is 2.14. The third kappa shape index (κ3) is 3.77. The molecule has 1 aliphatic rings. The molecule has 1 aliphatic heterocycles. The number of ketones is 1. The maximum absolute atomic E-state index is 13.8. The lowest BCUT2D eigenvalue weighted by atomic mass is 9.89. The van der Waals surface area contributed by atoms with E-state index in [1.54, 1.807) is 12.1 Å². The highest BCUT2D eigenvalue weighted by atomic mass is 32.1. The van der Waals surface area contributed by atoms with Crippen molar-refractivity contribution in [3.63, 3.8) is 0 Å². The first-order valence-corrected chi connectivity index (χ1v) is 8.69. The fourth-order valence-corrected chi connectivity index (χ4v) is 3.12. The Bertz CT molecular complexity index is 1000. The fourth-order valence-electron chi connectivity index (χ4n) is 2.90. The molecule has 2 aromatic carbocycles. The lowest BCUT2D eigenvalue weighted by Gasteiger charge is -2.31. The highest BCUT2D eigenvalue weighted by Crippen LogP contribution is 2.32. The average Bonchev–Trinajstić information content (AvgIpc) is 2.68. The highest BCUT2D eigenvalue weighted by molar-refractivity contribution is 7.80. The molecular formula is C20H16F2N2O3S. The van der Waals surface area contributed by atoms with Crippen LogP contribution in [0.1, 0.15) is 22.7 Å². The Labute approximate surface area is 165 Å². The second-order valence-corrected chi connectivity index (χ2v) is 6.59. The molecule has 0 aromatic heterocycles. The molecule has 5 nitrogen and oxygen atoms in total. The van der Waals surface area contributed by atoms with Crippen molar-refractivity contribution in [1.82, 2.24) is 10.6 Å². The Morgan fingerprint density at radius 3 is 2.36 bits per heavy atom. The van der Waals surface area contributed by atoms with Crippen LogP contribution in [-0.4, -0.2) is 24.0 Å². The van der Waals surface area contributed by atoms with Gasteiger partial charge < -0.3 is 15.4 Å². The second-order valence-electron chi connectivity index (χ2n) is 6.18. The molecule has 2 N–H and O–H groups in total. The van der Waals surface area contributed by atoms with E-state index in [9.17, 15) is 18.4 Å². The number of aryl methyl sites for hydroxylation is 1. The topological polar surface area (TPSA) is 67.4 Å². The predicted molar refractivity (Wildman–Crippen MR) is 103 cm³/mol. The summed E-state index contributed by atoms with van der Waals surface area (Å²) < 4.78 is 31.8. The Hall–Kier alpha value is -3.13. The first kappa shape index (κ1) is 19.6. The van der Waals surface area contributed by atoms with Crippen LogP contribution in [0.3, 0.4) is 0 Å². The van der Waals surface area contributed by atoms with Gasteiger partial charge in [0, 0.05) is 0 Å². The zero-order chi connectivity index (χ0) is 20.4. The summed E-state index contributed by atoms with van der Waals surface area (Å²) >= 11 is 5.23. The van der Waals surface area contributed by atoms with Gasteiger partial charge in [0.1, 0.15) is 0 Å². The average molecular weight is 402 g/mol. The minimum absolute atomic E-state index is 0.00434. The van der Waals surface area contributed by atoms with Crippen molar-refractivity contribution >= 4 is 34.8 Å². The van der Waals surface area contributed by atoms with Crippen LogP contribution < -0.4 is 10.6 Å². The summed E-state index contributed by atoms with van der Waals surface area (Å²) in [6.45, 7) is 1.91. The van der Waals surface area contributed by atoms with E-state index in [0.717, 1.165) is 24.8 Å². The fraction of sp³-hybridized carbons (Fsp3) is 0.150. The Morgan fingerprint density at radius 1 is 1.07 bits per heavy atom. The molecule has 0 unspecified atom stereocenters. The molecule has 1 heterocycles. The van der Waals surface area contributed by atoms with Crippen molar-refractivity contribution in [2.75, 3.05) is 7.11 Å². The van der Waals surface area contributed by atoms with Gasteiger partial charge in [0.2, 0.25) is 0 Å². The van der Waals surface area contributed by atoms with Gasteiger partial charge in [0.05, 0.1) is 24.4 Å².